The van der Waals surface area contributed by atoms with Gasteiger partial charge in [0.25, 0.3) is 0 Å². The summed E-state index contributed by atoms with van der Waals surface area (Å²) in [5, 5.41) is 2.62. The van der Waals surface area contributed by atoms with Crippen LogP contribution >= 0.6 is 0 Å². The summed E-state index contributed by atoms with van der Waals surface area (Å²) in [4.78, 5) is 0. The Balaban J connectivity index is 1.81. The molecule has 1 fully saturated rings. The second kappa shape index (κ2) is 5.40. The van der Waals surface area contributed by atoms with Crippen molar-refractivity contribution in [1.82, 2.24) is 0 Å². The molecule has 0 aromatic heterocycles. The van der Waals surface area contributed by atoms with Gasteiger partial charge in [-0.2, -0.15) is 0 Å². The molecule has 22 heavy (non-hydrogen) atoms. The minimum absolute atomic E-state index is 0.149. The summed E-state index contributed by atoms with van der Waals surface area (Å²) < 4.78 is 12.4. The molecule has 116 valence electrons. The van der Waals surface area contributed by atoms with E-state index in [1.807, 2.05) is 0 Å². The summed E-state index contributed by atoms with van der Waals surface area (Å²) in [6, 6.07) is 15.1. The molecule has 1 atom stereocenters. The number of rotatable bonds is 3. The van der Waals surface area contributed by atoms with E-state index in [-0.39, 0.29) is 18.3 Å². The van der Waals surface area contributed by atoms with E-state index >= 15 is 0 Å². The lowest BCUT2D eigenvalue weighted by atomic mass is 9.69. The Morgan fingerprint density at radius 1 is 0.909 bits per heavy atom. The van der Waals surface area contributed by atoms with Crippen molar-refractivity contribution in [2.45, 2.75) is 58.1 Å². The van der Waals surface area contributed by atoms with Crippen molar-refractivity contribution < 1.29 is 9.31 Å². The van der Waals surface area contributed by atoms with E-state index in [0.29, 0.717) is 5.82 Å². The first-order valence-corrected chi connectivity index (χ1v) is 8.12. The Morgan fingerprint density at radius 2 is 1.50 bits per heavy atom. The van der Waals surface area contributed by atoms with Crippen molar-refractivity contribution in [1.29, 1.82) is 0 Å². The third-order valence-electron chi connectivity index (χ3n) is 5.16. The first kappa shape index (κ1) is 15.6. The van der Waals surface area contributed by atoms with Crippen LogP contribution in [0.3, 0.4) is 0 Å². The van der Waals surface area contributed by atoms with Crippen molar-refractivity contribution >= 4 is 17.9 Å². The number of benzene rings is 2. The van der Waals surface area contributed by atoms with Gasteiger partial charge in [0.1, 0.15) is 0 Å². The number of hydrogen-bond acceptors (Lipinski definition) is 2. The van der Waals surface area contributed by atoms with Crippen molar-refractivity contribution in [2.75, 3.05) is 0 Å². The van der Waals surface area contributed by atoms with Crippen LogP contribution in [0.1, 0.15) is 40.2 Å². The van der Waals surface area contributed by atoms with Gasteiger partial charge >= 0.3 is 7.12 Å². The second-order valence-corrected chi connectivity index (χ2v) is 7.44. The molecular weight excluding hydrogens is 271 g/mol. The predicted molar refractivity (Wildman–Crippen MR) is 93.2 cm³/mol. The first-order chi connectivity index (χ1) is 10.3. The van der Waals surface area contributed by atoms with Gasteiger partial charge in [0.05, 0.1) is 11.2 Å². The van der Waals surface area contributed by atoms with Gasteiger partial charge in [0.2, 0.25) is 0 Å². The van der Waals surface area contributed by atoms with Gasteiger partial charge in [0.15, 0.2) is 0 Å². The topological polar surface area (TPSA) is 18.5 Å². The van der Waals surface area contributed by atoms with Gasteiger partial charge < -0.3 is 9.31 Å². The van der Waals surface area contributed by atoms with Crippen molar-refractivity contribution in [3.05, 3.63) is 48.0 Å². The zero-order valence-corrected chi connectivity index (χ0v) is 14.2. The van der Waals surface area contributed by atoms with Crippen LogP contribution < -0.4 is 0 Å². The maximum atomic E-state index is 6.19. The summed E-state index contributed by atoms with van der Waals surface area (Å²) in [6.07, 6.45) is 0.957. The fourth-order valence-electron chi connectivity index (χ4n) is 3.03. The average molecular weight is 296 g/mol. The largest absolute Gasteiger partial charge is 0.461 e. The highest BCUT2D eigenvalue weighted by molar-refractivity contribution is 6.47. The summed E-state index contributed by atoms with van der Waals surface area (Å²) in [5.41, 5.74) is 0.843. The van der Waals surface area contributed by atoms with E-state index in [9.17, 15) is 0 Å². The van der Waals surface area contributed by atoms with Crippen molar-refractivity contribution in [3.63, 3.8) is 0 Å². The first-order valence-electron chi connectivity index (χ1n) is 8.12. The molecule has 2 aromatic carbocycles. The zero-order valence-electron chi connectivity index (χ0n) is 14.2. The third kappa shape index (κ3) is 2.68. The fraction of sp³-hybridized carbons (Fsp3) is 0.474. The summed E-state index contributed by atoms with van der Waals surface area (Å²) >= 11 is 0. The maximum absolute atomic E-state index is 6.19. The number of hydrogen-bond donors (Lipinski definition) is 0. The van der Waals surface area contributed by atoms with Gasteiger partial charge in [-0.25, -0.2) is 0 Å². The molecule has 1 heterocycles. The Morgan fingerprint density at radius 3 is 2.18 bits per heavy atom. The molecule has 2 aromatic rings. The molecule has 1 saturated heterocycles. The van der Waals surface area contributed by atoms with Gasteiger partial charge in [-0.3, -0.25) is 0 Å². The average Bonchev–Trinajstić information content (AvgIpc) is 2.68. The van der Waals surface area contributed by atoms with Crippen LogP contribution in [0, 0.1) is 0 Å². The highest BCUT2D eigenvalue weighted by Crippen LogP contribution is 2.40. The molecule has 0 aliphatic carbocycles. The molecule has 0 bridgehead atoms. The van der Waals surface area contributed by atoms with Crippen molar-refractivity contribution in [3.8, 4) is 0 Å². The van der Waals surface area contributed by atoms with Gasteiger partial charge in [-0.05, 0) is 56.3 Å². The molecular formula is C19H25BO2. The lowest BCUT2D eigenvalue weighted by molar-refractivity contribution is 0.00578. The molecule has 0 saturated carbocycles. The molecule has 0 radical (unpaired) electrons. The van der Waals surface area contributed by atoms with E-state index in [1.165, 1.54) is 16.3 Å². The molecule has 3 rings (SSSR count). The lowest BCUT2D eigenvalue weighted by Crippen LogP contribution is -2.41. The normalized spacial score (nSPS) is 21.2. The lowest BCUT2D eigenvalue weighted by Gasteiger charge is -2.32. The zero-order chi connectivity index (χ0) is 16.0. The van der Waals surface area contributed by atoms with E-state index < -0.39 is 0 Å². The van der Waals surface area contributed by atoms with E-state index in [2.05, 4.69) is 77.1 Å². The molecule has 2 nitrogen and oxygen atoms in total. The molecule has 1 aliphatic heterocycles. The molecule has 0 N–H and O–H groups in total. The number of fused-ring (bicyclic) bond motifs is 1. The minimum Gasteiger partial charge on any atom is -0.403 e. The van der Waals surface area contributed by atoms with Crippen LogP contribution in [0.25, 0.3) is 10.8 Å². The van der Waals surface area contributed by atoms with Gasteiger partial charge in [-0.15, -0.1) is 0 Å². The SMILES string of the molecule is CC(Cc1cccc2ccccc12)B1OC(C)(C)C(C)(C)O1. The van der Waals surface area contributed by atoms with Gasteiger partial charge in [0, 0.05) is 0 Å². The monoisotopic (exact) mass is 296 g/mol. The van der Waals surface area contributed by atoms with Gasteiger partial charge in [-0.1, -0.05) is 49.4 Å². The summed E-state index contributed by atoms with van der Waals surface area (Å²) in [6.45, 7) is 10.6. The smallest absolute Gasteiger partial charge is 0.403 e. The Hall–Kier alpha value is -1.32. The molecule has 0 amide bonds. The van der Waals surface area contributed by atoms with Crippen LogP contribution in [-0.2, 0) is 15.7 Å². The van der Waals surface area contributed by atoms with E-state index in [4.69, 9.17) is 9.31 Å². The minimum atomic E-state index is -0.259. The third-order valence-corrected chi connectivity index (χ3v) is 5.16. The standard InChI is InChI=1S/C19H25BO2/c1-14(20-21-18(2,3)19(4,5)22-20)13-16-11-8-10-15-9-6-7-12-17(15)16/h6-12,14H,13H2,1-5H3. The van der Waals surface area contributed by atoms with Crippen LogP contribution in [0.5, 0.6) is 0 Å². The molecule has 0 spiro atoms. The van der Waals surface area contributed by atoms with E-state index in [0.717, 1.165) is 6.42 Å². The molecule has 1 unspecified atom stereocenters. The Bertz CT molecular complexity index is 657. The summed E-state index contributed by atoms with van der Waals surface area (Å²) in [7, 11) is -0.149. The van der Waals surface area contributed by atoms with Crippen molar-refractivity contribution in [2.24, 2.45) is 0 Å². The van der Waals surface area contributed by atoms with Crippen LogP contribution in [-0.4, -0.2) is 18.3 Å². The van der Waals surface area contributed by atoms with Crippen LogP contribution in [0.2, 0.25) is 5.82 Å². The summed E-state index contributed by atoms with van der Waals surface area (Å²) in [5.74, 6) is 0.312. The van der Waals surface area contributed by atoms with E-state index in [1.54, 1.807) is 0 Å². The highest BCUT2D eigenvalue weighted by atomic mass is 16.7. The highest BCUT2D eigenvalue weighted by Gasteiger charge is 2.52. The Kier molecular flexibility index (Phi) is 3.82. The van der Waals surface area contributed by atoms with Crippen LogP contribution in [0.15, 0.2) is 42.5 Å². The quantitative estimate of drug-likeness (QED) is 0.753. The van der Waals surface area contributed by atoms with Crippen LogP contribution in [0.4, 0.5) is 0 Å². The predicted octanol–water partition coefficient (Wildman–Crippen LogP) is 4.86. The second-order valence-electron chi connectivity index (χ2n) is 7.44. The Labute approximate surface area is 134 Å². The molecule has 3 heteroatoms. The maximum Gasteiger partial charge on any atom is 0.461 e. The fourth-order valence-corrected chi connectivity index (χ4v) is 3.03. The molecule has 1 aliphatic rings.